The van der Waals surface area contributed by atoms with Gasteiger partial charge in [0, 0.05) is 25.2 Å². The van der Waals surface area contributed by atoms with E-state index in [1.54, 1.807) is 10.5 Å². The van der Waals surface area contributed by atoms with E-state index in [1.807, 2.05) is 6.07 Å². The van der Waals surface area contributed by atoms with E-state index in [1.165, 1.54) is 6.33 Å². The minimum Gasteiger partial charge on any atom is -0.367 e. The van der Waals surface area contributed by atoms with Gasteiger partial charge in [-0.3, -0.25) is 0 Å². The monoisotopic (exact) mass is 295 g/mol. The highest BCUT2D eigenvalue weighted by molar-refractivity contribution is 7.90. The Bertz CT molecular complexity index is 589. The average molecular weight is 295 g/mol. The van der Waals surface area contributed by atoms with Crippen LogP contribution in [-0.2, 0) is 14.8 Å². The maximum Gasteiger partial charge on any atom is 0.217 e. The van der Waals surface area contributed by atoms with Crippen LogP contribution in [0.2, 0.25) is 0 Å². The quantitative estimate of drug-likeness (QED) is 0.822. The molecule has 6 nitrogen and oxygen atoms in total. The average Bonchev–Trinajstić information content (AvgIpc) is 3.11. The smallest absolute Gasteiger partial charge is 0.217 e. The molecule has 20 heavy (non-hydrogen) atoms. The van der Waals surface area contributed by atoms with Crippen molar-refractivity contribution in [1.82, 2.24) is 14.3 Å². The largest absolute Gasteiger partial charge is 0.367 e. The van der Waals surface area contributed by atoms with Crippen molar-refractivity contribution in [3.63, 3.8) is 0 Å². The fourth-order valence-electron chi connectivity index (χ4n) is 3.19. The van der Waals surface area contributed by atoms with Gasteiger partial charge in [0.15, 0.2) is 0 Å². The van der Waals surface area contributed by atoms with Crippen molar-refractivity contribution in [3.8, 4) is 0 Å². The van der Waals surface area contributed by atoms with Crippen molar-refractivity contribution in [2.24, 2.45) is 5.92 Å². The second-order valence-corrected chi connectivity index (χ2v) is 8.07. The number of hydrogen-bond donors (Lipinski definition) is 0. The van der Waals surface area contributed by atoms with Crippen LogP contribution < -0.4 is 0 Å². The van der Waals surface area contributed by atoms with E-state index in [0.29, 0.717) is 19.0 Å². The van der Waals surface area contributed by atoms with Crippen LogP contribution >= 0.6 is 0 Å². The summed E-state index contributed by atoms with van der Waals surface area (Å²) in [4.78, 5) is 8.13. The molecule has 0 aromatic carbocycles. The Hall–Kier alpha value is -1.05. The molecule has 3 fully saturated rings. The maximum atomic E-state index is 12.2. The van der Waals surface area contributed by atoms with E-state index < -0.39 is 10.0 Å². The molecular formula is C13H17N3O3S. The first kappa shape index (κ1) is 12.7. The summed E-state index contributed by atoms with van der Waals surface area (Å²) in [5.74, 6) is 0.295. The van der Waals surface area contributed by atoms with Crippen molar-refractivity contribution in [2.45, 2.75) is 36.7 Å². The Kier molecular flexibility index (Phi) is 2.84. The summed E-state index contributed by atoms with van der Waals surface area (Å²) in [6.45, 7) is 1.11. The minimum absolute atomic E-state index is 0.0150. The predicted octanol–water partition coefficient (Wildman–Crippen LogP) is 0.731. The first-order chi connectivity index (χ1) is 9.64. The summed E-state index contributed by atoms with van der Waals surface area (Å²) in [5.41, 5.74) is 0.894. The van der Waals surface area contributed by atoms with Gasteiger partial charge < -0.3 is 4.74 Å². The summed E-state index contributed by atoms with van der Waals surface area (Å²) in [5, 5.41) is -0.126. The van der Waals surface area contributed by atoms with Crippen molar-refractivity contribution < 1.29 is 13.2 Å². The van der Waals surface area contributed by atoms with Crippen molar-refractivity contribution in [3.05, 3.63) is 24.3 Å². The molecule has 7 heteroatoms. The van der Waals surface area contributed by atoms with Gasteiger partial charge in [-0.2, -0.15) is 4.31 Å². The molecule has 1 aliphatic carbocycles. The van der Waals surface area contributed by atoms with Crippen molar-refractivity contribution in [1.29, 1.82) is 0 Å². The van der Waals surface area contributed by atoms with Gasteiger partial charge in [0.05, 0.1) is 17.0 Å². The third-order valence-electron chi connectivity index (χ3n) is 4.44. The molecule has 3 heterocycles. The fraction of sp³-hybridized carbons (Fsp3) is 0.692. The van der Waals surface area contributed by atoms with Crippen LogP contribution in [-0.4, -0.2) is 47.1 Å². The second kappa shape index (κ2) is 4.47. The van der Waals surface area contributed by atoms with Crippen LogP contribution in [0.3, 0.4) is 0 Å². The Morgan fingerprint density at radius 3 is 2.80 bits per heavy atom. The molecule has 0 spiro atoms. The highest BCUT2D eigenvalue weighted by Crippen LogP contribution is 2.42. The van der Waals surface area contributed by atoms with Gasteiger partial charge in [-0.25, -0.2) is 18.4 Å². The third-order valence-corrected chi connectivity index (χ3v) is 6.78. The van der Waals surface area contributed by atoms with Crippen LogP contribution in [0.5, 0.6) is 0 Å². The molecule has 0 bridgehead atoms. The zero-order valence-corrected chi connectivity index (χ0v) is 11.9. The molecular weight excluding hydrogens is 278 g/mol. The summed E-state index contributed by atoms with van der Waals surface area (Å²) in [6, 6.07) is 1.87. The molecule has 2 aliphatic heterocycles. The first-order valence-electron chi connectivity index (χ1n) is 7.05. The standard InChI is InChI=1S/C13H17N3O3S/c17-20(18,10-1-2-10)16-6-9-5-12(19-13(9)7-16)11-3-4-14-8-15-11/h3-4,8-10,12-13H,1-2,5-7H2/t9-,12-,13+/m1/s1. The third kappa shape index (κ3) is 2.04. The summed E-state index contributed by atoms with van der Waals surface area (Å²) in [6.07, 6.45) is 5.72. The van der Waals surface area contributed by atoms with Gasteiger partial charge in [-0.1, -0.05) is 0 Å². The van der Waals surface area contributed by atoms with E-state index in [9.17, 15) is 8.42 Å². The van der Waals surface area contributed by atoms with E-state index in [0.717, 1.165) is 25.0 Å². The van der Waals surface area contributed by atoms with Crippen LogP contribution in [0.15, 0.2) is 18.6 Å². The van der Waals surface area contributed by atoms with Crippen LogP contribution in [0.4, 0.5) is 0 Å². The van der Waals surface area contributed by atoms with E-state index in [4.69, 9.17) is 4.74 Å². The molecule has 0 N–H and O–H groups in total. The number of sulfonamides is 1. The number of rotatable bonds is 3. The highest BCUT2D eigenvalue weighted by Gasteiger charge is 2.49. The van der Waals surface area contributed by atoms with Gasteiger partial charge in [-0.05, 0) is 25.3 Å². The summed E-state index contributed by atoms with van der Waals surface area (Å²) in [7, 11) is -3.06. The van der Waals surface area contributed by atoms with Gasteiger partial charge >= 0.3 is 0 Å². The molecule has 0 amide bonds. The normalized spacial score (nSPS) is 34.3. The van der Waals surface area contributed by atoms with Crippen molar-refractivity contribution in [2.75, 3.05) is 13.1 Å². The lowest BCUT2D eigenvalue weighted by Crippen LogP contribution is -2.33. The summed E-state index contributed by atoms with van der Waals surface area (Å²) < 4.78 is 32.1. The molecule has 2 saturated heterocycles. The zero-order chi connectivity index (χ0) is 13.7. The van der Waals surface area contributed by atoms with E-state index in [-0.39, 0.29) is 17.5 Å². The summed E-state index contributed by atoms with van der Waals surface area (Å²) >= 11 is 0. The minimum atomic E-state index is -3.06. The number of aromatic nitrogens is 2. The van der Waals surface area contributed by atoms with Gasteiger partial charge in [0.2, 0.25) is 10.0 Å². The van der Waals surface area contributed by atoms with Gasteiger partial charge in [-0.15, -0.1) is 0 Å². The molecule has 1 aromatic heterocycles. The molecule has 0 unspecified atom stereocenters. The molecule has 3 aliphatic rings. The Balaban J connectivity index is 1.46. The van der Waals surface area contributed by atoms with Crippen molar-refractivity contribution >= 4 is 10.0 Å². The molecule has 108 valence electrons. The Morgan fingerprint density at radius 1 is 1.30 bits per heavy atom. The fourth-order valence-corrected chi connectivity index (χ4v) is 5.10. The molecule has 0 radical (unpaired) electrons. The SMILES string of the molecule is O=S(=O)(C1CC1)N1C[C@H]2C[C@H](c3ccncn3)O[C@H]2C1. The topological polar surface area (TPSA) is 72.4 Å². The highest BCUT2D eigenvalue weighted by atomic mass is 32.2. The van der Waals surface area contributed by atoms with E-state index >= 15 is 0 Å². The second-order valence-electron chi connectivity index (χ2n) is 5.85. The zero-order valence-electron chi connectivity index (χ0n) is 11.1. The molecule has 1 saturated carbocycles. The number of hydrogen-bond acceptors (Lipinski definition) is 5. The van der Waals surface area contributed by atoms with Crippen LogP contribution in [0, 0.1) is 5.92 Å². The number of nitrogens with zero attached hydrogens (tertiary/aromatic N) is 3. The van der Waals surface area contributed by atoms with Crippen LogP contribution in [0.25, 0.3) is 0 Å². The number of ether oxygens (including phenoxy) is 1. The molecule has 1 aromatic rings. The van der Waals surface area contributed by atoms with Gasteiger partial charge in [0.25, 0.3) is 0 Å². The lowest BCUT2D eigenvalue weighted by atomic mass is 10.0. The van der Waals surface area contributed by atoms with Crippen LogP contribution in [0.1, 0.15) is 31.1 Å². The maximum absolute atomic E-state index is 12.2. The molecule has 4 rings (SSSR count). The Morgan fingerprint density at radius 2 is 2.15 bits per heavy atom. The Labute approximate surface area is 118 Å². The predicted molar refractivity (Wildman–Crippen MR) is 71.3 cm³/mol. The number of fused-ring (bicyclic) bond motifs is 1. The van der Waals surface area contributed by atoms with Gasteiger partial charge in [0.1, 0.15) is 12.4 Å². The van der Waals surface area contributed by atoms with E-state index in [2.05, 4.69) is 9.97 Å². The lowest BCUT2D eigenvalue weighted by molar-refractivity contribution is 0.0408. The first-order valence-corrected chi connectivity index (χ1v) is 8.55. The molecule has 3 atom stereocenters. The lowest BCUT2D eigenvalue weighted by Gasteiger charge is -2.18.